The van der Waals surface area contributed by atoms with Gasteiger partial charge in [0.2, 0.25) is 10.0 Å². The van der Waals surface area contributed by atoms with Gasteiger partial charge in [0.15, 0.2) is 0 Å². The molecule has 0 saturated carbocycles. The molecule has 7 nitrogen and oxygen atoms in total. The maximum Gasteiger partial charge on any atom is 0.253 e. The van der Waals surface area contributed by atoms with E-state index in [9.17, 15) is 13.2 Å². The molecule has 28 heavy (non-hydrogen) atoms. The molecule has 1 aliphatic rings. The van der Waals surface area contributed by atoms with E-state index < -0.39 is 10.0 Å². The van der Waals surface area contributed by atoms with Crippen molar-refractivity contribution in [3.05, 3.63) is 59.7 Å². The Morgan fingerprint density at radius 3 is 2.25 bits per heavy atom. The maximum atomic E-state index is 12.7. The average molecular weight is 398 g/mol. The zero-order valence-corrected chi connectivity index (χ0v) is 16.7. The molecule has 1 amide bonds. The van der Waals surface area contributed by atoms with Crippen molar-refractivity contribution in [3.8, 4) is 6.07 Å². The molecule has 0 atom stereocenters. The number of anilines is 1. The van der Waals surface area contributed by atoms with Gasteiger partial charge >= 0.3 is 0 Å². The number of carbonyl (C=O) groups excluding carboxylic acids is 1. The van der Waals surface area contributed by atoms with Crippen molar-refractivity contribution in [2.45, 2.75) is 4.90 Å². The van der Waals surface area contributed by atoms with Gasteiger partial charge in [-0.15, -0.1) is 0 Å². The number of carbonyl (C=O) groups is 1. The fourth-order valence-corrected chi connectivity index (χ4v) is 4.00. The molecule has 1 heterocycles. The highest BCUT2D eigenvalue weighted by Gasteiger charge is 2.23. The quantitative estimate of drug-likeness (QED) is 0.784. The van der Waals surface area contributed by atoms with Gasteiger partial charge < -0.3 is 9.80 Å². The average Bonchev–Trinajstić information content (AvgIpc) is 2.73. The number of piperazine rings is 1. The highest BCUT2D eigenvalue weighted by Crippen LogP contribution is 2.20. The number of amides is 1. The molecule has 2 aromatic rings. The van der Waals surface area contributed by atoms with Crippen LogP contribution in [-0.2, 0) is 10.0 Å². The molecule has 146 valence electrons. The van der Waals surface area contributed by atoms with Crippen LogP contribution < -0.4 is 4.90 Å². The third-order valence-electron chi connectivity index (χ3n) is 4.79. The summed E-state index contributed by atoms with van der Waals surface area (Å²) in [4.78, 5) is 16.8. The summed E-state index contributed by atoms with van der Waals surface area (Å²) in [5.41, 5.74) is 2.06. The first-order valence-electron chi connectivity index (χ1n) is 8.90. The second kappa shape index (κ2) is 8.00. The molecule has 0 N–H and O–H groups in total. The van der Waals surface area contributed by atoms with Gasteiger partial charge in [0.25, 0.3) is 5.91 Å². The first-order chi connectivity index (χ1) is 13.3. The Morgan fingerprint density at radius 1 is 1.04 bits per heavy atom. The smallest absolute Gasteiger partial charge is 0.253 e. The monoisotopic (exact) mass is 398 g/mol. The van der Waals surface area contributed by atoms with Gasteiger partial charge in [-0.3, -0.25) is 4.79 Å². The van der Waals surface area contributed by atoms with Crippen LogP contribution in [0.5, 0.6) is 0 Å². The molecular formula is C20H22N4O3S. The lowest BCUT2D eigenvalue weighted by Gasteiger charge is -2.36. The number of sulfonamides is 1. The largest absolute Gasteiger partial charge is 0.368 e. The Morgan fingerprint density at radius 2 is 1.68 bits per heavy atom. The lowest BCUT2D eigenvalue weighted by Crippen LogP contribution is -2.48. The summed E-state index contributed by atoms with van der Waals surface area (Å²) >= 11 is 0. The molecule has 8 heteroatoms. The third kappa shape index (κ3) is 4.01. The summed E-state index contributed by atoms with van der Waals surface area (Å²) in [5, 5.41) is 9.04. The van der Waals surface area contributed by atoms with E-state index >= 15 is 0 Å². The topological polar surface area (TPSA) is 84.7 Å². The summed E-state index contributed by atoms with van der Waals surface area (Å²) in [6.07, 6.45) is 0. The van der Waals surface area contributed by atoms with E-state index in [1.165, 1.54) is 26.2 Å². The molecule has 2 aromatic carbocycles. The predicted molar refractivity (Wildman–Crippen MR) is 107 cm³/mol. The van der Waals surface area contributed by atoms with Crippen molar-refractivity contribution in [2.75, 3.05) is 45.2 Å². The van der Waals surface area contributed by atoms with Crippen molar-refractivity contribution in [3.63, 3.8) is 0 Å². The molecule has 1 saturated heterocycles. The van der Waals surface area contributed by atoms with E-state index in [0.29, 0.717) is 37.3 Å². The summed E-state index contributed by atoms with van der Waals surface area (Å²) in [7, 11) is -0.564. The number of hydrogen-bond acceptors (Lipinski definition) is 5. The number of rotatable bonds is 4. The van der Waals surface area contributed by atoms with Crippen LogP contribution in [0.2, 0.25) is 0 Å². The van der Waals surface area contributed by atoms with Crippen LogP contribution in [0.3, 0.4) is 0 Å². The molecule has 3 rings (SSSR count). The van der Waals surface area contributed by atoms with E-state index in [1.54, 1.807) is 23.1 Å². The molecule has 1 aliphatic heterocycles. The van der Waals surface area contributed by atoms with Crippen LogP contribution >= 0.6 is 0 Å². The third-order valence-corrected chi connectivity index (χ3v) is 6.62. The van der Waals surface area contributed by atoms with E-state index in [1.807, 2.05) is 18.2 Å². The van der Waals surface area contributed by atoms with Crippen LogP contribution in [-0.4, -0.2) is 63.8 Å². The van der Waals surface area contributed by atoms with E-state index in [0.717, 1.165) is 9.99 Å². The Balaban J connectivity index is 1.66. The molecule has 1 fully saturated rings. The SMILES string of the molecule is CN(C)S(=O)(=O)c1ccc(C(=O)N2CCN(c3cccc(C#N)c3)CC2)cc1. The molecular weight excluding hydrogens is 376 g/mol. The first kappa shape index (κ1) is 19.9. The van der Waals surface area contributed by atoms with Crippen LogP contribution in [0, 0.1) is 11.3 Å². The zero-order valence-electron chi connectivity index (χ0n) is 15.9. The van der Waals surface area contributed by atoms with Gasteiger partial charge in [0.05, 0.1) is 16.5 Å². The van der Waals surface area contributed by atoms with Crippen molar-refractivity contribution in [1.82, 2.24) is 9.21 Å². The highest BCUT2D eigenvalue weighted by atomic mass is 32.2. The van der Waals surface area contributed by atoms with E-state index in [-0.39, 0.29) is 10.8 Å². The number of benzene rings is 2. The Labute approximate surface area is 165 Å². The second-order valence-electron chi connectivity index (χ2n) is 6.75. The molecule has 0 bridgehead atoms. The second-order valence-corrected chi connectivity index (χ2v) is 8.91. The molecule has 0 spiro atoms. The first-order valence-corrected chi connectivity index (χ1v) is 10.3. The summed E-state index contributed by atoms with van der Waals surface area (Å²) in [5.74, 6) is -0.112. The Kier molecular flexibility index (Phi) is 5.68. The Bertz CT molecular complexity index is 1000. The lowest BCUT2D eigenvalue weighted by atomic mass is 10.1. The van der Waals surface area contributed by atoms with Crippen LogP contribution in [0.4, 0.5) is 5.69 Å². The molecule has 0 unspecified atom stereocenters. The number of nitriles is 1. The summed E-state index contributed by atoms with van der Waals surface area (Å²) in [6, 6.07) is 15.6. The van der Waals surface area contributed by atoms with Gasteiger partial charge in [0.1, 0.15) is 0 Å². The molecule has 0 radical (unpaired) electrons. The van der Waals surface area contributed by atoms with Crippen LogP contribution in [0.25, 0.3) is 0 Å². The van der Waals surface area contributed by atoms with Crippen molar-refractivity contribution in [2.24, 2.45) is 0 Å². The standard InChI is InChI=1S/C20H22N4O3S/c1-22(2)28(26,27)19-8-6-17(7-9-19)20(25)24-12-10-23(11-13-24)18-5-3-4-16(14-18)15-21/h3-9,14H,10-13H2,1-2H3. The highest BCUT2D eigenvalue weighted by molar-refractivity contribution is 7.89. The summed E-state index contributed by atoms with van der Waals surface area (Å²) < 4.78 is 25.4. The Hall–Kier alpha value is -2.89. The number of hydrogen-bond donors (Lipinski definition) is 0. The summed E-state index contributed by atoms with van der Waals surface area (Å²) in [6.45, 7) is 2.47. The maximum absolute atomic E-state index is 12.7. The lowest BCUT2D eigenvalue weighted by molar-refractivity contribution is 0.0746. The predicted octanol–water partition coefficient (Wildman–Crippen LogP) is 1.77. The van der Waals surface area contributed by atoms with Crippen molar-refractivity contribution >= 4 is 21.6 Å². The van der Waals surface area contributed by atoms with Gasteiger partial charge in [-0.25, -0.2) is 12.7 Å². The number of nitrogens with zero attached hydrogens (tertiary/aromatic N) is 4. The van der Waals surface area contributed by atoms with Crippen molar-refractivity contribution < 1.29 is 13.2 Å². The van der Waals surface area contributed by atoms with Gasteiger partial charge in [-0.1, -0.05) is 6.07 Å². The minimum Gasteiger partial charge on any atom is -0.368 e. The van der Waals surface area contributed by atoms with E-state index in [2.05, 4.69) is 11.0 Å². The minimum absolute atomic E-state index is 0.112. The van der Waals surface area contributed by atoms with Crippen molar-refractivity contribution in [1.29, 1.82) is 5.26 Å². The van der Waals surface area contributed by atoms with Gasteiger partial charge in [-0.05, 0) is 42.5 Å². The normalized spacial score (nSPS) is 14.8. The van der Waals surface area contributed by atoms with Gasteiger partial charge in [0, 0.05) is 51.5 Å². The van der Waals surface area contributed by atoms with Gasteiger partial charge in [-0.2, -0.15) is 5.26 Å². The fraction of sp³-hybridized carbons (Fsp3) is 0.300. The zero-order chi connectivity index (χ0) is 20.3. The van der Waals surface area contributed by atoms with Crippen LogP contribution in [0.1, 0.15) is 15.9 Å². The fourth-order valence-electron chi connectivity index (χ4n) is 3.10. The van der Waals surface area contributed by atoms with E-state index in [4.69, 9.17) is 5.26 Å². The molecule has 0 aromatic heterocycles. The van der Waals surface area contributed by atoms with Crippen LogP contribution in [0.15, 0.2) is 53.4 Å². The molecule has 0 aliphatic carbocycles. The minimum atomic E-state index is -3.51.